The fourth-order valence-corrected chi connectivity index (χ4v) is 2.51. The minimum atomic E-state index is -0.112. The molecule has 6 nitrogen and oxygen atoms in total. The van der Waals surface area contributed by atoms with Gasteiger partial charge in [0.25, 0.3) is 0 Å². The number of rotatable bonds is 6. The Morgan fingerprint density at radius 1 is 1.24 bits per heavy atom. The zero-order chi connectivity index (χ0) is 17.8. The zero-order valence-corrected chi connectivity index (χ0v) is 14.8. The van der Waals surface area contributed by atoms with Gasteiger partial charge in [0.15, 0.2) is 0 Å². The summed E-state index contributed by atoms with van der Waals surface area (Å²) in [5.74, 6) is 1.76. The van der Waals surface area contributed by atoms with E-state index < -0.39 is 0 Å². The van der Waals surface area contributed by atoms with Crippen LogP contribution in [-0.4, -0.2) is 22.6 Å². The maximum atomic E-state index is 12.1. The minimum absolute atomic E-state index is 0.112. The number of hydrogen-bond donors (Lipinski definition) is 1. The number of nitrogens with one attached hydrogen (secondary N) is 1. The van der Waals surface area contributed by atoms with E-state index in [0.717, 1.165) is 17.0 Å². The average Bonchev–Trinajstić information content (AvgIpc) is 3.14. The van der Waals surface area contributed by atoms with Crippen LogP contribution in [0.1, 0.15) is 22.9 Å². The van der Waals surface area contributed by atoms with Crippen LogP contribution in [0, 0.1) is 13.8 Å². The maximum Gasteiger partial charge on any atom is 0.226 e. The zero-order valence-electron chi connectivity index (χ0n) is 14.0. The van der Waals surface area contributed by atoms with Gasteiger partial charge in [-0.05, 0) is 38.1 Å². The highest BCUT2D eigenvalue weighted by Gasteiger charge is 2.14. The first-order valence-electron chi connectivity index (χ1n) is 7.92. The standard InChI is InChI=1S/C18H18ClN3O3/c1-11-9-15(22-25-11)7-8-20-17(23)10-16-12(2)24-18(21-16)13-3-5-14(19)6-4-13/h3-6,9H,7-8,10H2,1-2H3,(H,20,23). The van der Waals surface area contributed by atoms with Crippen LogP contribution in [-0.2, 0) is 17.6 Å². The van der Waals surface area contributed by atoms with E-state index in [-0.39, 0.29) is 12.3 Å². The van der Waals surface area contributed by atoms with E-state index >= 15 is 0 Å². The summed E-state index contributed by atoms with van der Waals surface area (Å²) < 4.78 is 10.7. The largest absolute Gasteiger partial charge is 0.441 e. The molecule has 0 atom stereocenters. The third-order valence-corrected chi connectivity index (χ3v) is 3.94. The van der Waals surface area contributed by atoms with Crippen molar-refractivity contribution in [2.45, 2.75) is 26.7 Å². The Morgan fingerprint density at radius 2 is 2.00 bits per heavy atom. The highest BCUT2D eigenvalue weighted by molar-refractivity contribution is 6.30. The summed E-state index contributed by atoms with van der Waals surface area (Å²) in [5, 5.41) is 7.39. The summed E-state index contributed by atoms with van der Waals surface area (Å²) in [5.41, 5.74) is 2.26. The van der Waals surface area contributed by atoms with Crippen molar-refractivity contribution in [3.8, 4) is 11.5 Å². The van der Waals surface area contributed by atoms with E-state index in [1.165, 1.54) is 0 Å². The van der Waals surface area contributed by atoms with Crippen molar-refractivity contribution >= 4 is 17.5 Å². The Bertz CT molecular complexity index is 868. The molecule has 0 aliphatic heterocycles. The van der Waals surface area contributed by atoms with E-state index in [2.05, 4.69) is 15.5 Å². The van der Waals surface area contributed by atoms with Crippen molar-refractivity contribution < 1.29 is 13.7 Å². The normalized spacial score (nSPS) is 10.8. The Hall–Kier alpha value is -2.60. The molecule has 3 rings (SSSR count). The molecule has 0 saturated heterocycles. The van der Waals surface area contributed by atoms with Gasteiger partial charge in [-0.15, -0.1) is 0 Å². The maximum absolute atomic E-state index is 12.1. The summed E-state index contributed by atoms with van der Waals surface area (Å²) >= 11 is 5.88. The van der Waals surface area contributed by atoms with Crippen molar-refractivity contribution in [1.29, 1.82) is 0 Å². The van der Waals surface area contributed by atoms with Crippen LogP contribution in [0.2, 0.25) is 5.02 Å². The molecule has 25 heavy (non-hydrogen) atoms. The molecule has 0 aliphatic rings. The summed E-state index contributed by atoms with van der Waals surface area (Å²) in [6.07, 6.45) is 0.789. The van der Waals surface area contributed by atoms with Gasteiger partial charge in [-0.3, -0.25) is 4.79 Å². The number of oxazole rings is 1. The second-order valence-corrected chi connectivity index (χ2v) is 6.17. The lowest BCUT2D eigenvalue weighted by Gasteiger charge is -2.02. The number of carbonyl (C=O) groups is 1. The number of halogens is 1. The summed E-state index contributed by atoms with van der Waals surface area (Å²) in [7, 11) is 0. The molecule has 0 aliphatic carbocycles. The molecule has 0 unspecified atom stereocenters. The van der Waals surface area contributed by atoms with Gasteiger partial charge in [0.1, 0.15) is 11.5 Å². The number of benzene rings is 1. The Kier molecular flexibility index (Phi) is 5.19. The fourth-order valence-electron chi connectivity index (χ4n) is 2.39. The summed E-state index contributed by atoms with van der Waals surface area (Å²) in [6.45, 7) is 4.12. The fraction of sp³-hybridized carbons (Fsp3) is 0.278. The molecule has 130 valence electrons. The van der Waals surface area contributed by atoms with Crippen molar-refractivity contribution in [3.63, 3.8) is 0 Å². The van der Waals surface area contributed by atoms with E-state index in [4.69, 9.17) is 20.5 Å². The number of carbonyl (C=O) groups excluding carboxylic acids is 1. The third-order valence-electron chi connectivity index (χ3n) is 3.69. The van der Waals surface area contributed by atoms with E-state index in [9.17, 15) is 4.79 Å². The molecule has 1 N–H and O–H groups in total. The first-order chi connectivity index (χ1) is 12.0. The molecule has 0 saturated carbocycles. The predicted octanol–water partition coefficient (Wildman–Crippen LogP) is 3.50. The van der Waals surface area contributed by atoms with Gasteiger partial charge < -0.3 is 14.3 Å². The monoisotopic (exact) mass is 359 g/mol. The molecule has 0 spiro atoms. The van der Waals surface area contributed by atoms with Crippen LogP contribution in [0.5, 0.6) is 0 Å². The lowest BCUT2D eigenvalue weighted by molar-refractivity contribution is -0.120. The topological polar surface area (TPSA) is 81.2 Å². The highest BCUT2D eigenvalue weighted by Crippen LogP contribution is 2.23. The summed E-state index contributed by atoms with van der Waals surface area (Å²) in [4.78, 5) is 16.5. The first kappa shape index (κ1) is 17.2. The number of aryl methyl sites for hydroxylation is 2. The second kappa shape index (κ2) is 7.53. The van der Waals surface area contributed by atoms with Crippen LogP contribution < -0.4 is 5.32 Å². The molecule has 3 aromatic rings. The molecule has 7 heteroatoms. The second-order valence-electron chi connectivity index (χ2n) is 5.73. The van der Waals surface area contributed by atoms with Crippen molar-refractivity contribution in [1.82, 2.24) is 15.5 Å². The molecule has 0 fully saturated rings. The lowest BCUT2D eigenvalue weighted by atomic mass is 10.2. The van der Waals surface area contributed by atoms with Gasteiger partial charge in [-0.2, -0.15) is 0 Å². The van der Waals surface area contributed by atoms with E-state index in [1.807, 2.05) is 25.1 Å². The molecule has 1 aromatic carbocycles. The van der Waals surface area contributed by atoms with Crippen LogP contribution in [0.3, 0.4) is 0 Å². The Labute approximate surface area is 150 Å². The third kappa shape index (κ3) is 4.48. The van der Waals surface area contributed by atoms with E-state index in [0.29, 0.717) is 35.3 Å². The van der Waals surface area contributed by atoms with Crippen LogP contribution in [0.4, 0.5) is 0 Å². The van der Waals surface area contributed by atoms with Gasteiger partial charge in [0, 0.05) is 29.6 Å². The first-order valence-corrected chi connectivity index (χ1v) is 8.30. The van der Waals surface area contributed by atoms with Crippen LogP contribution >= 0.6 is 11.6 Å². The lowest BCUT2D eigenvalue weighted by Crippen LogP contribution is -2.27. The van der Waals surface area contributed by atoms with Gasteiger partial charge in [0.05, 0.1) is 17.8 Å². The summed E-state index contributed by atoms with van der Waals surface area (Å²) in [6, 6.07) is 9.06. The van der Waals surface area contributed by atoms with Gasteiger partial charge >= 0.3 is 0 Å². The number of hydrogen-bond acceptors (Lipinski definition) is 5. The quantitative estimate of drug-likeness (QED) is 0.728. The molecule has 2 heterocycles. The van der Waals surface area contributed by atoms with Crippen molar-refractivity contribution in [3.05, 3.63) is 58.3 Å². The Morgan fingerprint density at radius 3 is 2.68 bits per heavy atom. The molecular formula is C18H18ClN3O3. The van der Waals surface area contributed by atoms with Crippen LogP contribution in [0.15, 0.2) is 39.3 Å². The van der Waals surface area contributed by atoms with Crippen molar-refractivity contribution in [2.75, 3.05) is 6.54 Å². The molecule has 1 amide bonds. The van der Waals surface area contributed by atoms with Crippen LogP contribution in [0.25, 0.3) is 11.5 Å². The van der Waals surface area contributed by atoms with Gasteiger partial charge in [-0.1, -0.05) is 16.8 Å². The van der Waals surface area contributed by atoms with Crippen molar-refractivity contribution in [2.24, 2.45) is 0 Å². The smallest absolute Gasteiger partial charge is 0.226 e. The molecular weight excluding hydrogens is 342 g/mol. The Balaban J connectivity index is 1.57. The highest BCUT2D eigenvalue weighted by atomic mass is 35.5. The SMILES string of the molecule is Cc1cc(CCNC(=O)Cc2nc(-c3ccc(Cl)cc3)oc2C)no1. The van der Waals surface area contributed by atoms with Gasteiger partial charge in [-0.25, -0.2) is 4.98 Å². The molecule has 0 bridgehead atoms. The number of nitrogens with zero attached hydrogens (tertiary/aromatic N) is 2. The minimum Gasteiger partial charge on any atom is -0.441 e. The molecule has 2 aromatic heterocycles. The molecule has 0 radical (unpaired) electrons. The van der Waals surface area contributed by atoms with E-state index in [1.54, 1.807) is 19.1 Å². The number of amides is 1. The predicted molar refractivity (Wildman–Crippen MR) is 93.3 cm³/mol. The average molecular weight is 360 g/mol. The van der Waals surface area contributed by atoms with Gasteiger partial charge in [0.2, 0.25) is 11.8 Å². The number of aromatic nitrogens is 2.